The number of aromatic nitrogens is 4. The number of likely N-dealkylation sites (tertiary alicyclic amines) is 1. The van der Waals surface area contributed by atoms with Crippen molar-refractivity contribution in [3.8, 4) is 0 Å². The molecule has 2 aliphatic heterocycles. The molecule has 0 spiro atoms. The smallest absolute Gasteiger partial charge is 0.291 e. The summed E-state index contributed by atoms with van der Waals surface area (Å²) in [6.45, 7) is 2.10. The van der Waals surface area contributed by atoms with Gasteiger partial charge in [0.15, 0.2) is 0 Å². The van der Waals surface area contributed by atoms with Crippen molar-refractivity contribution in [1.29, 1.82) is 0 Å². The second kappa shape index (κ2) is 7.53. The molecular formula is C19H25N5O2. The van der Waals surface area contributed by atoms with Gasteiger partial charge in [-0.15, -0.1) is 10.2 Å². The number of fused-ring (bicyclic) bond motifs is 1. The fourth-order valence-electron chi connectivity index (χ4n) is 4.00. The molecule has 7 nitrogen and oxygen atoms in total. The molecule has 2 aromatic heterocycles. The number of carbonyl (C=O) groups excluding carboxylic acids is 1. The van der Waals surface area contributed by atoms with Crippen molar-refractivity contribution in [2.45, 2.75) is 51.2 Å². The lowest BCUT2D eigenvalue weighted by atomic mass is 9.89. The van der Waals surface area contributed by atoms with E-state index in [1.165, 1.54) is 6.42 Å². The third-order valence-corrected chi connectivity index (χ3v) is 5.56. The van der Waals surface area contributed by atoms with E-state index in [1.807, 2.05) is 27.7 Å². The first kappa shape index (κ1) is 17.1. The molecule has 0 aliphatic carbocycles. The van der Waals surface area contributed by atoms with Gasteiger partial charge in [0.2, 0.25) is 5.82 Å². The first-order valence-electron chi connectivity index (χ1n) is 9.54. The van der Waals surface area contributed by atoms with Crippen LogP contribution < -0.4 is 0 Å². The Kier molecular flexibility index (Phi) is 4.97. The number of aryl methyl sites for hydroxylation is 1. The van der Waals surface area contributed by atoms with E-state index in [4.69, 9.17) is 0 Å². The van der Waals surface area contributed by atoms with E-state index in [1.54, 1.807) is 6.20 Å². The average Bonchev–Trinajstić information content (AvgIpc) is 2.96. The quantitative estimate of drug-likeness (QED) is 0.910. The maximum atomic E-state index is 12.9. The van der Waals surface area contributed by atoms with Gasteiger partial charge in [-0.2, -0.15) is 0 Å². The maximum Gasteiger partial charge on any atom is 0.291 e. The summed E-state index contributed by atoms with van der Waals surface area (Å²) in [7, 11) is 0. The van der Waals surface area contributed by atoms with E-state index in [-0.39, 0.29) is 11.8 Å². The number of nitrogens with zero attached hydrogens (tertiary/aromatic N) is 5. The fraction of sp³-hybridized carbons (Fsp3) is 0.579. The normalized spacial score (nSPS) is 19.7. The summed E-state index contributed by atoms with van der Waals surface area (Å²) in [5, 5.41) is 19.0. The van der Waals surface area contributed by atoms with Crippen LogP contribution in [0.3, 0.4) is 0 Å². The number of carbonyl (C=O) groups is 1. The molecule has 1 amide bonds. The van der Waals surface area contributed by atoms with E-state index < -0.39 is 6.10 Å². The van der Waals surface area contributed by atoms with Gasteiger partial charge < -0.3 is 14.6 Å². The van der Waals surface area contributed by atoms with Gasteiger partial charge >= 0.3 is 0 Å². The minimum atomic E-state index is -0.571. The average molecular weight is 355 g/mol. The predicted molar refractivity (Wildman–Crippen MR) is 95.4 cm³/mol. The van der Waals surface area contributed by atoms with Crippen molar-refractivity contribution >= 4 is 5.91 Å². The number of piperidine rings is 1. The van der Waals surface area contributed by atoms with Crippen LogP contribution in [-0.4, -0.2) is 48.8 Å². The summed E-state index contributed by atoms with van der Waals surface area (Å²) in [5.41, 5.74) is 0.708. The molecule has 1 atom stereocenters. The van der Waals surface area contributed by atoms with Gasteiger partial charge in [-0.25, -0.2) is 0 Å². The lowest BCUT2D eigenvalue weighted by Gasteiger charge is -2.33. The Bertz CT molecular complexity index is 753. The van der Waals surface area contributed by atoms with Crippen LogP contribution in [0, 0.1) is 5.92 Å². The Morgan fingerprint density at radius 2 is 1.96 bits per heavy atom. The predicted octanol–water partition coefficient (Wildman–Crippen LogP) is 1.99. The Hall–Kier alpha value is -2.28. The highest BCUT2D eigenvalue weighted by Crippen LogP contribution is 2.30. The minimum absolute atomic E-state index is 0.0311. The van der Waals surface area contributed by atoms with Crippen molar-refractivity contribution in [3.63, 3.8) is 0 Å². The number of rotatable bonds is 3. The highest BCUT2D eigenvalue weighted by Gasteiger charge is 2.31. The second-order valence-electron chi connectivity index (χ2n) is 7.23. The summed E-state index contributed by atoms with van der Waals surface area (Å²) in [6.07, 6.45) is 6.93. The van der Waals surface area contributed by atoms with Gasteiger partial charge in [-0.1, -0.05) is 12.5 Å². The first-order valence-corrected chi connectivity index (χ1v) is 9.54. The summed E-state index contributed by atoms with van der Waals surface area (Å²) in [6, 6.07) is 5.59. The molecule has 0 aromatic carbocycles. The molecule has 138 valence electrons. The summed E-state index contributed by atoms with van der Waals surface area (Å²) >= 11 is 0. The zero-order valence-electron chi connectivity index (χ0n) is 14.9. The van der Waals surface area contributed by atoms with Crippen LogP contribution in [0.2, 0.25) is 0 Å². The zero-order valence-corrected chi connectivity index (χ0v) is 14.9. The summed E-state index contributed by atoms with van der Waals surface area (Å²) < 4.78 is 2.00. The van der Waals surface area contributed by atoms with Gasteiger partial charge in [0.1, 0.15) is 5.82 Å². The molecule has 2 aromatic rings. The van der Waals surface area contributed by atoms with Crippen molar-refractivity contribution in [2.75, 3.05) is 13.1 Å². The molecule has 0 bridgehead atoms. The minimum Gasteiger partial charge on any atom is -0.387 e. The molecule has 1 N–H and O–H groups in total. The number of hydrogen-bond acceptors (Lipinski definition) is 5. The monoisotopic (exact) mass is 355 g/mol. The third-order valence-electron chi connectivity index (χ3n) is 5.56. The molecule has 0 radical (unpaired) electrons. The molecule has 7 heteroatoms. The van der Waals surface area contributed by atoms with Crippen molar-refractivity contribution < 1.29 is 9.90 Å². The molecule has 1 saturated heterocycles. The van der Waals surface area contributed by atoms with E-state index >= 15 is 0 Å². The molecule has 4 heterocycles. The van der Waals surface area contributed by atoms with Crippen LogP contribution in [0.15, 0.2) is 24.4 Å². The van der Waals surface area contributed by atoms with E-state index in [2.05, 4.69) is 15.2 Å². The van der Waals surface area contributed by atoms with Crippen LogP contribution in [0.5, 0.6) is 0 Å². The van der Waals surface area contributed by atoms with E-state index in [9.17, 15) is 9.90 Å². The lowest BCUT2D eigenvalue weighted by Crippen LogP contribution is -2.41. The molecule has 26 heavy (non-hydrogen) atoms. The second-order valence-corrected chi connectivity index (χ2v) is 7.23. The van der Waals surface area contributed by atoms with Crippen LogP contribution in [0.25, 0.3) is 0 Å². The van der Waals surface area contributed by atoms with Gasteiger partial charge in [-0.05, 0) is 43.7 Å². The highest BCUT2D eigenvalue weighted by molar-refractivity contribution is 5.90. The summed E-state index contributed by atoms with van der Waals surface area (Å²) in [5.74, 6) is 1.51. The number of pyridine rings is 1. The first-order chi connectivity index (χ1) is 12.7. The lowest BCUT2D eigenvalue weighted by molar-refractivity contribution is 0.0436. The molecule has 4 rings (SSSR count). The Morgan fingerprint density at radius 3 is 2.73 bits per heavy atom. The van der Waals surface area contributed by atoms with E-state index in [0.29, 0.717) is 24.6 Å². The number of hydrogen-bond donors (Lipinski definition) is 1. The number of amides is 1. The topological polar surface area (TPSA) is 84.1 Å². The van der Waals surface area contributed by atoms with Crippen LogP contribution in [0.1, 0.15) is 60.3 Å². The van der Waals surface area contributed by atoms with Gasteiger partial charge in [0, 0.05) is 32.3 Å². The fourth-order valence-corrected chi connectivity index (χ4v) is 4.00. The van der Waals surface area contributed by atoms with Crippen molar-refractivity contribution in [1.82, 2.24) is 24.6 Å². The number of aliphatic hydroxyl groups excluding tert-OH is 1. The standard InChI is InChI=1S/C19H25N5O2/c25-17(15-6-3-4-10-20-15)14-8-12-23(13-9-14)19(26)18-22-21-16-7-2-1-5-11-24(16)18/h3-4,6,10,14,17,25H,1-2,5,7-9,11-13H2/t17-/m1/s1. The zero-order chi connectivity index (χ0) is 17.9. The van der Waals surface area contributed by atoms with Gasteiger partial charge in [-0.3, -0.25) is 9.78 Å². The molecule has 0 saturated carbocycles. The van der Waals surface area contributed by atoms with Crippen LogP contribution in [-0.2, 0) is 13.0 Å². The molecule has 0 unspecified atom stereocenters. The summed E-state index contributed by atoms with van der Waals surface area (Å²) in [4.78, 5) is 19.0. The molecule has 2 aliphatic rings. The molecular weight excluding hydrogens is 330 g/mol. The van der Waals surface area contributed by atoms with E-state index in [0.717, 1.165) is 44.5 Å². The van der Waals surface area contributed by atoms with Crippen molar-refractivity contribution in [3.05, 3.63) is 41.7 Å². The largest absolute Gasteiger partial charge is 0.387 e. The van der Waals surface area contributed by atoms with Gasteiger partial charge in [0.25, 0.3) is 5.91 Å². The highest BCUT2D eigenvalue weighted by atomic mass is 16.3. The third kappa shape index (κ3) is 3.35. The Balaban J connectivity index is 1.40. The van der Waals surface area contributed by atoms with Crippen molar-refractivity contribution in [2.24, 2.45) is 5.92 Å². The SMILES string of the molecule is O=C(c1nnc2n1CCCCC2)N1CCC([C@@H](O)c2ccccn2)CC1. The molecule has 1 fully saturated rings. The number of aliphatic hydroxyl groups is 1. The van der Waals surface area contributed by atoms with Crippen LogP contribution >= 0.6 is 0 Å². The maximum absolute atomic E-state index is 12.9. The van der Waals surface area contributed by atoms with Gasteiger partial charge in [0.05, 0.1) is 11.8 Å². The van der Waals surface area contributed by atoms with Crippen LogP contribution in [0.4, 0.5) is 0 Å². The Labute approximate surface area is 153 Å². The Morgan fingerprint density at radius 1 is 1.12 bits per heavy atom.